The van der Waals surface area contributed by atoms with Crippen LogP contribution in [0.5, 0.6) is 0 Å². The summed E-state index contributed by atoms with van der Waals surface area (Å²) >= 11 is 0. The molecule has 0 fully saturated rings. The van der Waals surface area contributed by atoms with Crippen molar-refractivity contribution in [3.63, 3.8) is 0 Å². The zero-order valence-electron chi connectivity index (χ0n) is 12.3. The normalized spacial score (nSPS) is 10.8. The third-order valence-electron chi connectivity index (χ3n) is 3.11. The van der Waals surface area contributed by atoms with E-state index in [0.29, 0.717) is 17.1 Å². The molecule has 0 unspecified atom stereocenters. The fraction of sp³-hybridized carbons (Fsp3) is 0.615. The number of carboxylic acids is 1. The van der Waals surface area contributed by atoms with E-state index in [-0.39, 0.29) is 5.56 Å². The van der Waals surface area contributed by atoms with Gasteiger partial charge in [0, 0.05) is 13.6 Å². The highest BCUT2D eigenvalue weighted by Gasteiger charge is 2.20. The van der Waals surface area contributed by atoms with Crippen LogP contribution in [0.15, 0.2) is 0 Å². The minimum absolute atomic E-state index is 0.250. The van der Waals surface area contributed by atoms with E-state index in [1.54, 1.807) is 13.8 Å². The van der Waals surface area contributed by atoms with Crippen LogP contribution in [0.1, 0.15) is 28.0 Å². The number of rotatable bonds is 6. The van der Waals surface area contributed by atoms with E-state index in [0.717, 1.165) is 19.5 Å². The second-order valence-corrected chi connectivity index (χ2v) is 4.99. The van der Waals surface area contributed by atoms with Gasteiger partial charge in [0.15, 0.2) is 5.82 Å². The van der Waals surface area contributed by atoms with Crippen molar-refractivity contribution in [1.82, 2.24) is 15.1 Å². The Balaban J connectivity index is 2.93. The second kappa shape index (κ2) is 6.47. The first kappa shape index (κ1) is 15.4. The molecular weight excluding hydrogens is 244 g/mol. The minimum atomic E-state index is -0.954. The van der Waals surface area contributed by atoms with Crippen molar-refractivity contribution in [2.75, 3.05) is 39.1 Å². The number of aromatic carboxylic acids is 1. The van der Waals surface area contributed by atoms with E-state index in [1.165, 1.54) is 0 Å². The number of carboxylic acid groups (broad SMARTS) is 1. The molecule has 0 radical (unpaired) electrons. The predicted octanol–water partition coefficient (Wildman–Crippen LogP) is 1.18. The van der Waals surface area contributed by atoms with Gasteiger partial charge in [0.1, 0.15) is 5.56 Å². The molecule has 0 aliphatic rings. The number of nitrogens with zero attached hydrogens (tertiary/aromatic N) is 4. The van der Waals surface area contributed by atoms with Gasteiger partial charge in [0.05, 0.1) is 5.69 Å². The molecule has 1 N–H and O–H groups in total. The van der Waals surface area contributed by atoms with Crippen LogP contribution in [-0.4, -0.2) is 60.4 Å². The highest BCUT2D eigenvalue weighted by molar-refractivity contribution is 5.95. The summed E-state index contributed by atoms with van der Waals surface area (Å²) < 4.78 is 0. The largest absolute Gasteiger partial charge is 0.478 e. The van der Waals surface area contributed by atoms with E-state index < -0.39 is 5.97 Å². The lowest BCUT2D eigenvalue weighted by Gasteiger charge is -2.21. The number of aromatic nitrogens is 2. The number of aryl methyl sites for hydroxylation is 1. The lowest BCUT2D eigenvalue weighted by Crippen LogP contribution is -2.26. The molecule has 0 aromatic carbocycles. The molecule has 0 atom stereocenters. The highest BCUT2D eigenvalue weighted by atomic mass is 16.4. The lowest BCUT2D eigenvalue weighted by molar-refractivity contribution is 0.0696. The number of hydrogen-bond acceptors (Lipinski definition) is 5. The molecule has 1 rings (SSSR count). The maximum Gasteiger partial charge on any atom is 0.339 e. The van der Waals surface area contributed by atoms with Gasteiger partial charge in [0.25, 0.3) is 0 Å². The fourth-order valence-electron chi connectivity index (χ4n) is 1.85. The zero-order valence-corrected chi connectivity index (χ0v) is 12.3. The van der Waals surface area contributed by atoms with Gasteiger partial charge in [-0.1, -0.05) is 0 Å². The van der Waals surface area contributed by atoms with Crippen LogP contribution in [0.3, 0.4) is 0 Å². The van der Waals surface area contributed by atoms with Gasteiger partial charge in [-0.25, -0.2) is 4.79 Å². The van der Waals surface area contributed by atoms with E-state index in [2.05, 4.69) is 15.1 Å². The summed E-state index contributed by atoms with van der Waals surface area (Å²) in [4.78, 5) is 15.3. The fourth-order valence-corrected chi connectivity index (χ4v) is 1.85. The van der Waals surface area contributed by atoms with Crippen molar-refractivity contribution in [2.24, 2.45) is 0 Å². The van der Waals surface area contributed by atoms with Crippen LogP contribution in [0.2, 0.25) is 0 Å². The van der Waals surface area contributed by atoms with Crippen molar-refractivity contribution in [3.05, 3.63) is 16.8 Å². The number of carbonyl (C=O) groups is 1. The molecule has 0 bridgehead atoms. The maximum absolute atomic E-state index is 11.4. The molecule has 0 amide bonds. The molecule has 0 aliphatic heterocycles. The van der Waals surface area contributed by atoms with Gasteiger partial charge in [-0.2, -0.15) is 5.10 Å². The average molecular weight is 266 g/mol. The van der Waals surface area contributed by atoms with Gasteiger partial charge in [-0.3, -0.25) is 0 Å². The molecule has 1 aromatic rings. The van der Waals surface area contributed by atoms with Crippen LogP contribution < -0.4 is 4.90 Å². The van der Waals surface area contributed by atoms with Crippen molar-refractivity contribution in [1.29, 1.82) is 0 Å². The van der Waals surface area contributed by atoms with Gasteiger partial charge in [0.2, 0.25) is 0 Å². The first-order valence-corrected chi connectivity index (χ1v) is 6.27. The van der Waals surface area contributed by atoms with Gasteiger partial charge >= 0.3 is 5.97 Å². The van der Waals surface area contributed by atoms with Gasteiger partial charge < -0.3 is 14.9 Å². The van der Waals surface area contributed by atoms with E-state index >= 15 is 0 Å². The summed E-state index contributed by atoms with van der Waals surface area (Å²) in [5.41, 5.74) is 1.58. The Bertz CT molecular complexity index is 460. The number of hydrogen-bond donors (Lipinski definition) is 1. The molecular formula is C13H22N4O2. The quantitative estimate of drug-likeness (QED) is 0.834. The van der Waals surface area contributed by atoms with Crippen molar-refractivity contribution >= 4 is 11.8 Å². The monoisotopic (exact) mass is 266 g/mol. The zero-order chi connectivity index (χ0) is 14.6. The minimum Gasteiger partial charge on any atom is -0.478 e. The molecule has 1 heterocycles. The Morgan fingerprint density at radius 1 is 1.16 bits per heavy atom. The third kappa shape index (κ3) is 3.89. The first-order chi connectivity index (χ1) is 8.84. The van der Waals surface area contributed by atoms with E-state index in [1.807, 2.05) is 26.0 Å². The molecule has 106 valence electrons. The Labute approximate surface area is 114 Å². The summed E-state index contributed by atoms with van der Waals surface area (Å²) in [6, 6.07) is 0. The standard InChI is InChI=1S/C13H22N4O2/c1-9-10(2)14-15-12(11(9)13(18)19)17(5)8-6-7-16(3)4/h6-8H2,1-5H3,(H,18,19). The molecule has 0 saturated heterocycles. The van der Waals surface area contributed by atoms with Crippen molar-refractivity contribution < 1.29 is 9.90 Å². The Hall–Kier alpha value is -1.69. The molecule has 0 saturated carbocycles. The van der Waals surface area contributed by atoms with Crippen LogP contribution in [0, 0.1) is 13.8 Å². The molecule has 0 spiro atoms. The van der Waals surface area contributed by atoms with Gasteiger partial charge in [-0.15, -0.1) is 5.10 Å². The van der Waals surface area contributed by atoms with Gasteiger partial charge in [-0.05, 0) is 46.5 Å². The van der Waals surface area contributed by atoms with E-state index in [9.17, 15) is 9.90 Å². The Kier molecular flexibility index (Phi) is 5.23. The molecule has 19 heavy (non-hydrogen) atoms. The van der Waals surface area contributed by atoms with Crippen molar-refractivity contribution in [2.45, 2.75) is 20.3 Å². The molecule has 6 heteroatoms. The number of anilines is 1. The lowest BCUT2D eigenvalue weighted by atomic mass is 10.1. The predicted molar refractivity (Wildman–Crippen MR) is 74.9 cm³/mol. The van der Waals surface area contributed by atoms with E-state index in [4.69, 9.17) is 0 Å². The Morgan fingerprint density at radius 3 is 2.32 bits per heavy atom. The highest BCUT2D eigenvalue weighted by Crippen LogP contribution is 2.21. The molecule has 1 aromatic heterocycles. The van der Waals surface area contributed by atoms with Crippen LogP contribution in [-0.2, 0) is 0 Å². The summed E-state index contributed by atoms with van der Waals surface area (Å²) in [7, 11) is 5.87. The van der Waals surface area contributed by atoms with Crippen molar-refractivity contribution in [3.8, 4) is 0 Å². The summed E-state index contributed by atoms with van der Waals surface area (Å²) in [5.74, 6) is -0.515. The topological polar surface area (TPSA) is 69.6 Å². The third-order valence-corrected chi connectivity index (χ3v) is 3.11. The SMILES string of the molecule is Cc1nnc(N(C)CCCN(C)C)c(C(=O)O)c1C. The first-order valence-electron chi connectivity index (χ1n) is 6.27. The van der Waals surface area contributed by atoms with Crippen LogP contribution in [0.25, 0.3) is 0 Å². The summed E-state index contributed by atoms with van der Waals surface area (Å²) in [6.07, 6.45) is 0.942. The second-order valence-electron chi connectivity index (χ2n) is 4.99. The summed E-state index contributed by atoms with van der Waals surface area (Å²) in [6.45, 7) is 5.23. The average Bonchev–Trinajstić information content (AvgIpc) is 2.31. The Morgan fingerprint density at radius 2 is 1.79 bits per heavy atom. The maximum atomic E-state index is 11.4. The summed E-state index contributed by atoms with van der Waals surface area (Å²) in [5, 5.41) is 17.4. The van der Waals surface area contributed by atoms with Crippen LogP contribution >= 0.6 is 0 Å². The molecule has 0 aliphatic carbocycles. The van der Waals surface area contributed by atoms with Crippen LogP contribution in [0.4, 0.5) is 5.82 Å². The smallest absolute Gasteiger partial charge is 0.339 e. The molecule has 6 nitrogen and oxygen atoms in total.